The number of rotatable bonds is 1. The average molecular weight is 247 g/mol. The van der Waals surface area contributed by atoms with E-state index >= 15 is 0 Å². The van der Waals surface area contributed by atoms with Crippen molar-refractivity contribution in [2.24, 2.45) is 0 Å². The normalized spacial score (nSPS) is 21.8. The first-order valence-electron chi connectivity index (χ1n) is 6.96. The first kappa shape index (κ1) is 12.0. The average Bonchev–Trinajstić information content (AvgIpc) is 2.40. The van der Waals surface area contributed by atoms with E-state index in [1.807, 2.05) is 0 Å². The third-order valence-corrected chi connectivity index (χ3v) is 4.35. The lowest BCUT2D eigenvalue weighted by Gasteiger charge is -2.42. The van der Waals surface area contributed by atoms with Gasteiger partial charge >= 0.3 is 0 Å². The topological polar surface area (TPSA) is 41.5 Å². The van der Waals surface area contributed by atoms with Crippen molar-refractivity contribution in [3.8, 4) is 5.75 Å². The Morgan fingerprint density at radius 2 is 2.11 bits per heavy atom. The smallest absolute Gasteiger partial charge is 0.125 e. The molecule has 1 fully saturated rings. The quantitative estimate of drug-likeness (QED) is 0.798. The lowest BCUT2D eigenvalue weighted by Crippen LogP contribution is -2.44. The minimum absolute atomic E-state index is 0.242. The van der Waals surface area contributed by atoms with Crippen molar-refractivity contribution in [2.75, 3.05) is 19.7 Å². The molecule has 98 valence electrons. The zero-order valence-corrected chi connectivity index (χ0v) is 11.0. The highest BCUT2D eigenvalue weighted by Crippen LogP contribution is 2.45. The number of hydrogen-bond acceptors (Lipinski definition) is 3. The molecule has 3 nitrogen and oxygen atoms in total. The van der Waals surface area contributed by atoms with Gasteiger partial charge in [0.15, 0.2) is 0 Å². The molecule has 2 N–H and O–H groups in total. The molecule has 1 spiro atoms. The Labute approximate surface area is 108 Å². The number of phenols is 1. The summed E-state index contributed by atoms with van der Waals surface area (Å²) in [6.45, 7) is 4.79. The minimum atomic E-state index is -0.242. The number of aromatic hydroxyl groups is 1. The second-order valence-electron chi connectivity index (χ2n) is 5.30. The maximum atomic E-state index is 10.6. The van der Waals surface area contributed by atoms with Crippen LogP contribution in [0, 0.1) is 0 Å². The Balaban J connectivity index is 2.13. The summed E-state index contributed by atoms with van der Waals surface area (Å²) in [4.78, 5) is 0. The number of nitrogens with one attached hydrogen (secondary N) is 1. The maximum absolute atomic E-state index is 10.6. The monoisotopic (exact) mass is 247 g/mol. The van der Waals surface area contributed by atoms with Crippen LogP contribution in [0.5, 0.6) is 5.75 Å². The van der Waals surface area contributed by atoms with Crippen LogP contribution in [0.3, 0.4) is 0 Å². The predicted molar refractivity (Wildman–Crippen MR) is 70.9 cm³/mol. The van der Waals surface area contributed by atoms with Crippen LogP contribution in [0.2, 0.25) is 0 Å². The minimum Gasteiger partial charge on any atom is -0.507 e. The fourth-order valence-electron chi connectivity index (χ4n) is 3.33. The highest BCUT2D eigenvalue weighted by molar-refractivity contribution is 5.50. The molecule has 0 atom stereocenters. The summed E-state index contributed by atoms with van der Waals surface area (Å²) in [5.74, 6) is 0.483. The summed E-state index contributed by atoms with van der Waals surface area (Å²) in [6, 6.07) is 4.24. The molecule has 18 heavy (non-hydrogen) atoms. The molecule has 3 rings (SSSR count). The Bertz CT molecular complexity index is 450. The third-order valence-electron chi connectivity index (χ3n) is 4.35. The molecule has 1 aromatic carbocycles. The number of ether oxygens (including phenoxy) is 1. The molecule has 2 heterocycles. The van der Waals surface area contributed by atoms with E-state index in [0.29, 0.717) is 5.75 Å². The molecule has 0 bridgehead atoms. The van der Waals surface area contributed by atoms with E-state index in [1.54, 1.807) is 0 Å². The highest BCUT2D eigenvalue weighted by Gasteiger charge is 2.41. The fraction of sp³-hybridized carbons (Fsp3) is 0.600. The first-order valence-corrected chi connectivity index (χ1v) is 6.96. The molecule has 0 aromatic heterocycles. The van der Waals surface area contributed by atoms with E-state index in [-0.39, 0.29) is 5.60 Å². The Morgan fingerprint density at radius 3 is 2.83 bits per heavy atom. The van der Waals surface area contributed by atoms with Gasteiger partial charge in [-0.25, -0.2) is 0 Å². The van der Waals surface area contributed by atoms with Gasteiger partial charge in [-0.05, 0) is 49.9 Å². The van der Waals surface area contributed by atoms with Crippen molar-refractivity contribution >= 4 is 0 Å². The van der Waals surface area contributed by atoms with Crippen LogP contribution in [0.4, 0.5) is 0 Å². The van der Waals surface area contributed by atoms with Gasteiger partial charge in [0.2, 0.25) is 0 Å². The van der Waals surface area contributed by atoms with Crippen LogP contribution in [0.15, 0.2) is 12.1 Å². The Kier molecular flexibility index (Phi) is 3.04. The molecular formula is C15H21NO2. The molecular weight excluding hydrogens is 226 g/mol. The molecule has 1 saturated heterocycles. The van der Waals surface area contributed by atoms with E-state index in [2.05, 4.69) is 24.4 Å². The van der Waals surface area contributed by atoms with Gasteiger partial charge in [0, 0.05) is 5.56 Å². The van der Waals surface area contributed by atoms with Gasteiger partial charge in [0.1, 0.15) is 5.75 Å². The van der Waals surface area contributed by atoms with Gasteiger partial charge in [0.25, 0.3) is 0 Å². The van der Waals surface area contributed by atoms with E-state index in [9.17, 15) is 5.11 Å². The standard InChI is InChI=1S/C15H21NO2/c1-2-11-3-4-12-5-10-18-15(13(12)14(11)17)6-8-16-9-7-15/h3-4,16-17H,2,5-10H2,1H3. The highest BCUT2D eigenvalue weighted by atomic mass is 16.5. The molecule has 0 aliphatic carbocycles. The van der Waals surface area contributed by atoms with Gasteiger partial charge in [-0.1, -0.05) is 19.1 Å². The van der Waals surface area contributed by atoms with Crippen LogP contribution in [-0.2, 0) is 23.2 Å². The molecule has 0 unspecified atom stereocenters. The second kappa shape index (κ2) is 4.56. The SMILES string of the molecule is CCc1ccc2c(c1O)C1(CCNCC1)OCC2. The van der Waals surface area contributed by atoms with Crippen molar-refractivity contribution in [3.63, 3.8) is 0 Å². The lowest BCUT2D eigenvalue weighted by atomic mass is 9.78. The zero-order chi connectivity index (χ0) is 12.6. The summed E-state index contributed by atoms with van der Waals surface area (Å²) < 4.78 is 6.11. The molecule has 0 saturated carbocycles. The van der Waals surface area contributed by atoms with Gasteiger partial charge in [-0.2, -0.15) is 0 Å². The third kappa shape index (κ3) is 1.73. The number of hydrogen-bond donors (Lipinski definition) is 2. The van der Waals surface area contributed by atoms with Gasteiger partial charge in [-0.3, -0.25) is 0 Å². The molecule has 3 heteroatoms. The molecule has 2 aliphatic rings. The molecule has 1 aromatic rings. The van der Waals surface area contributed by atoms with Crippen LogP contribution in [0.25, 0.3) is 0 Å². The van der Waals surface area contributed by atoms with Gasteiger partial charge in [0.05, 0.1) is 12.2 Å². The lowest BCUT2D eigenvalue weighted by molar-refractivity contribution is -0.0815. The van der Waals surface area contributed by atoms with Crippen LogP contribution < -0.4 is 5.32 Å². The zero-order valence-electron chi connectivity index (χ0n) is 11.0. The fourth-order valence-corrected chi connectivity index (χ4v) is 3.33. The van der Waals surface area contributed by atoms with E-state index in [0.717, 1.165) is 56.5 Å². The molecule has 0 radical (unpaired) electrons. The van der Waals surface area contributed by atoms with Crippen LogP contribution in [0.1, 0.15) is 36.5 Å². The first-order chi connectivity index (χ1) is 8.77. The summed E-state index contributed by atoms with van der Waals surface area (Å²) in [6.07, 6.45) is 3.71. The van der Waals surface area contributed by atoms with Gasteiger partial charge in [-0.15, -0.1) is 0 Å². The molecule has 2 aliphatic heterocycles. The molecule has 0 amide bonds. The Hall–Kier alpha value is -1.06. The number of aryl methyl sites for hydroxylation is 1. The van der Waals surface area contributed by atoms with Crippen LogP contribution in [-0.4, -0.2) is 24.8 Å². The van der Waals surface area contributed by atoms with E-state index in [4.69, 9.17) is 4.74 Å². The van der Waals surface area contributed by atoms with Crippen molar-refractivity contribution in [1.29, 1.82) is 0 Å². The summed E-state index contributed by atoms with van der Waals surface area (Å²) >= 11 is 0. The predicted octanol–water partition coefficient (Wildman–Crippen LogP) is 2.11. The number of phenolic OH excluding ortho intramolecular Hbond substituents is 1. The largest absolute Gasteiger partial charge is 0.507 e. The number of benzene rings is 1. The van der Waals surface area contributed by atoms with Crippen molar-refractivity contribution in [1.82, 2.24) is 5.32 Å². The Morgan fingerprint density at radius 1 is 1.33 bits per heavy atom. The van der Waals surface area contributed by atoms with Crippen molar-refractivity contribution < 1.29 is 9.84 Å². The van der Waals surface area contributed by atoms with Crippen LogP contribution >= 0.6 is 0 Å². The summed E-state index contributed by atoms with van der Waals surface area (Å²) in [7, 11) is 0. The summed E-state index contributed by atoms with van der Waals surface area (Å²) in [5, 5.41) is 13.9. The van der Waals surface area contributed by atoms with Crippen molar-refractivity contribution in [2.45, 2.75) is 38.2 Å². The number of piperidine rings is 1. The second-order valence-corrected chi connectivity index (χ2v) is 5.30. The van der Waals surface area contributed by atoms with Crippen molar-refractivity contribution in [3.05, 3.63) is 28.8 Å². The van der Waals surface area contributed by atoms with E-state index < -0.39 is 0 Å². The summed E-state index contributed by atoms with van der Waals surface area (Å²) in [5.41, 5.74) is 3.15. The maximum Gasteiger partial charge on any atom is 0.125 e. The van der Waals surface area contributed by atoms with Gasteiger partial charge < -0.3 is 15.2 Å². The van der Waals surface area contributed by atoms with E-state index in [1.165, 1.54) is 5.56 Å². The number of fused-ring (bicyclic) bond motifs is 2.